The average Bonchev–Trinajstić information content (AvgIpc) is 2.41. The van der Waals surface area contributed by atoms with E-state index in [1.165, 1.54) is 0 Å². The molecule has 0 fully saturated rings. The van der Waals surface area contributed by atoms with E-state index in [9.17, 15) is 9.59 Å². The summed E-state index contributed by atoms with van der Waals surface area (Å²) in [7, 11) is 0. The summed E-state index contributed by atoms with van der Waals surface area (Å²) in [6.07, 6.45) is 0. The van der Waals surface area contributed by atoms with E-state index in [2.05, 4.69) is 0 Å². The van der Waals surface area contributed by atoms with Crippen LogP contribution in [0.3, 0.4) is 0 Å². The quantitative estimate of drug-likeness (QED) is 0.607. The molecule has 0 atom stereocenters. The number of aryl methyl sites for hydroxylation is 2. The summed E-state index contributed by atoms with van der Waals surface area (Å²) in [5.74, 6) is -0.897. The average molecular weight is 238 g/mol. The second kappa shape index (κ2) is 4.96. The largest absolute Gasteiger partial charge is 0.285 e. The van der Waals surface area contributed by atoms with Gasteiger partial charge in [0.2, 0.25) is 11.6 Å². The second-order valence-corrected chi connectivity index (χ2v) is 4.34. The van der Waals surface area contributed by atoms with Gasteiger partial charge in [-0.3, -0.25) is 9.59 Å². The number of Topliss-reactive ketones (excluding diaryl/α,β-unsaturated/α-hetero) is 2. The molecule has 0 heterocycles. The van der Waals surface area contributed by atoms with Gasteiger partial charge >= 0.3 is 0 Å². The minimum atomic E-state index is -0.454. The van der Waals surface area contributed by atoms with Crippen LogP contribution in [0.2, 0.25) is 0 Å². The summed E-state index contributed by atoms with van der Waals surface area (Å²) in [6, 6.07) is 14.2. The van der Waals surface area contributed by atoms with Gasteiger partial charge in [-0.1, -0.05) is 48.0 Å². The first-order valence-corrected chi connectivity index (χ1v) is 5.81. The third kappa shape index (κ3) is 2.38. The lowest BCUT2D eigenvalue weighted by Gasteiger charge is -2.05. The molecule has 0 aliphatic rings. The zero-order chi connectivity index (χ0) is 13.1. The van der Waals surface area contributed by atoms with E-state index < -0.39 is 11.6 Å². The Bertz CT molecular complexity index is 598. The molecule has 0 bridgehead atoms. The highest BCUT2D eigenvalue weighted by molar-refractivity contribution is 6.49. The van der Waals surface area contributed by atoms with Crippen molar-refractivity contribution in [2.75, 3.05) is 0 Å². The number of hydrogen-bond acceptors (Lipinski definition) is 2. The fourth-order valence-electron chi connectivity index (χ4n) is 1.82. The topological polar surface area (TPSA) is 34.1 Å². The molecule has 0 unspecified atom stereocenters. The van der Waals surface area contributed by atoms with Crippen LogP contribution in [0.5, 0.6) is 0 Å². The molecule has 2 nitrogen and oxygen atoms in total. The molecular formula is C16H14O2. The van der Waals surface area contributed by atoms with E-state index in [4.69, 9.17) is 0 Å². The van der Waals surface area contributed by atoms with E-state index in [0.29, 0.717) is 11.1 Å². The Morgan fingerprint density at radius 1 is 0.833 bits per heavy atom. The molecule has 18 heavy (non-hydrogen) atoms. The number of rotatable bonds is 3. The lowest BCUT2D eigenvalue weighted by molar-refractivity contribution is 0.0816. The Labute approximate surface area is 106 Å². The van der Waals surface area contributed by atoms with E-state index in [0.717, 1.165) is 11.1 Å². The van der Waals surface area contributed by atoms with Gasteiger partial charge in [0.05, 0.1) is 0 Å². The standard InChI is InChI=1S/C16H14O2/c1-11-8-9-12(2)14(10-11)16(18)15(17)13-6-4-3-5-7-13/h3-10H,1-2H3. The number of hydrogen-bond donors (Lipinski definition) is 0. The molecule has 0 aliphatic heterocycles. The van der Waals surface area contributed by atoms with Gasteiger partial charge in [-0.25, -0.2) is 0 Å². The van der Waals surface area contributed by atoms with Gasteiger partial charge in [0.25, 0.3) is 0 Å². The van der Waals surface area contributed by atoms with Crippen LogP contribution in [0.25, 0.3) is 0 Å². The van der Waals surface area contributed by atoms with Gasteiger partial charge < -0.3 is 0 Å². The van der Waals surface area contributed by atoms with Crippen LogP contribution >= 0.6 is 0 Å². The molecule has 2 aromatic carbocycles. The minimum absolute atomic E-state index is 0.434. The van der Waals surface area contributed by atoms with Crippen molar-refractivity contribution >= 4 is 11.6 Å². The van der Waals surface area contributed by atoms with Crippen molar-refractivity contribution in [3.63, 3.8) is 0 Å². The Balaban J connectivity index is 2.38. The maximum atomic E-state index is 12.2. The summed E-state index contributed by atoms with van der Waals surface area (Å²) in [4.78, 5) is 24.2. The van der Waals surface area contributed by atoms with Crippen LogP contribution in [0.1, 0.15) is 31.8 Å². The molecule has 2 rings (SSSR count). The zero-order valence-electron chi connectivity index (χ0n) is 10.4. The van der Waals surface area contributed by atoms with Gasteiger partial charge in [-0.15, -0.1) is 0 Å². The van der Waals surface area contributed by atoms with Crippen molar-refractivity contribution in [2.45, 2.75) is 13.8 Å². The molecule has 0 aromatic heterocycles. The smallest absolute Gasteiger partial charge is 0.233 e. The first kappa shape index (κ1) is 12.2. The maximum absolute atomic E-state index is 12.2. The Morgan fingerprint density at radius 3 is 2.17 bits per heavy atom. The van der Waals surface area contributed by atoms with Gasteiger partial charge in [0.1, 0.15) is 0 Å². The molecule has 0 saturated carbocycles. The Morgan fingerprint density at radius 2 is 1.50 bits per heavy atom. The molecule has 0 radical (unpaired) electrons. The summed E-state index contributed by atoms with van der Waals surface area (Å²) in [5.41, 5.74) is 2.73. The van der Waals surface area contributed by atoms with Crippen molar-refractivity contribution in [1.82, 2.24) is 0 Å². The van der Waals surface area contributed by atoms with Crippen LogP contribution in [0.4, 0.5) is 0 Å². The van der Waals surface area contributed by atoms with Crippen molar-refractivity contribution in [2.24, 2.45) is 0 Å². The predicted molar refractivity (Wildman–Crippen MR) is 71.0 cm³/mol. The number of carbonyl (C=O) groups is 2. The molecule has 0 N–H and O–H groups in total. The van der Waals surface area contributed by atoms with E-state index in [1.807, 2.05) is 32.0 Å². The Kier molecular flexibility index (Phi) is 3.38. The predicted octanol–water partition coefficient (Wildman–Crippen LogP) is 3.37. The first-order chi connectivity index (χ1) is 8.59. The van der Waals surface area contributed by atoms with Crippen LogP contribution < -0.4 is 0 Å². The van der Waals surface area contributed by atoms with Crippen LogP contribution in [0, 0.1) is 13.8 Å². The SMILES string of the molecule is Cc1ccc(C)c(C(=O)C(=O)c2ccccc2)c1. The van der Waals surface area contributed by atoms with Crippen LogP contribution in [-0.2, 0) is 0 Å². The molecule has 0 saturated heterocycles. The van der Waals surface area contributed by atoms with Crippen LogP contribution in [0.15, 0.2) is 48.5 Å². The fraction of sp³-hybridized carbons (Fsp3) is 0.125. The molecule has 0 aliphatic carbocycles. The van der Waals surface area contributed by atoms with Gasteiger partial charge in [-0.2, -0.15) is 0 Å². The molecule has 2 aromatic rings. The number of benzene rings is 2. The van der Waals surface area contributed by atoms with Crippen molar-refractivity contribution in [3.8, 4) is 0 Å². The van der Waals surface area contributed by atoms with Gasteiger partial charge in [0.15, 0.2) is 0 Å². The number of carbonyl (C=O) groups excluding carboxylic acids is 2. The molecule has 0 amide bonds. The monoisotopic (exact) mass is 238 g/mol. The summed E-state index contributed by atoms with van der Waals surface area (Å²) in [6.45, 7) is 3.74. The second-order valence-electron chi connectivity index (χ2n) is 4.34. The highest BCUT2D eigenvalue weighted by atomic mass is 16.2. The maximum Gasteiger partial charge on any atom is 0.233 e. The van der Waals surface area contributed by atoms with Gasteiger partial charge in [-0.05, 0) is 25.5 Å². The van der Waals surface area contributed by atoms with Gasteiger partial charge in [0, 0.05) is 11.1 Å². The fourth-order valence-corrected chi connectivity index (χ4v) is 1.82. The normalized spacial score (nSPS) is 10.1. The lowest BCUT2D eigenvalue weighted by atomic mass is 9.96. The van der Waals surface area contributed by atoms with Crippen molar-refractivity contribution < 1.29 is 9.59 Å². The van der Waals surface area contributed by atoms with Crippen molar-refractivity contribution in [3.05, 3.63) is 70.8 Å². The highest BCUT2D eigenvalue weighted by Gasteiger charge is 2.19. The Hall–Kier alpha value is -2.22. The third-order valence-corrected chi connectivity index (χ3v) is 2.88. The lowest BCUT2D eigenvalue weighted by Crippen LogP contribution is -2.15. The molecule has 0 spiro atoms. The minimum Gasteiger partial charge on any atom is -0.285 e. The zero-order valence-corrected chi connectivity index (χ0v) is 10.4. The highest BCUT2D eigenvalue weighted by Crippen LogP contribution is 2.14. The summed E-state index contributed by atoms with van der Waals surface area (Å²) < 4.78 is 0. The first-order valence-electron chi connectivity index (χ1n) is 5.81. The van der Waals surface area contributed by atoms with E-state index in [1.54, 1.807) is 30.3 Å². The van der Waals surface area contributed by atoms with Crippen LogP contribution in [-0.4, -0.2) is 11.6 Å². The molecular weight excluding hydrogens is 224 g/mol. The summed E-state index contributed by atoms with van der Waals surface area (Å²) in [5, 5.41) is 0. The summed E-state index contributed by atoms with van der Waals surface area (Å²) >= 11 is 0. The molecule has 90 valence electrons. The third-order valence-electron chi connectivity index (χ3n) is 2.88. The number of ketones is 2. The molecule has 2 heteroatoms. The van der Waals surface area contributed by atoms with E-state index in [-0.39, 0.29) is 0 Å². The van der Waals surface area contributed by atoms with E-state index >= 15 is 0 Å². The van der Waals surface area contributed by atoms with Crippen molar-refractivity contribution in [1.29, 1.82) is 0 Å².